The zero-order valence-electron chi connectivity index (χ0n) is 22.4. The van der Waals surface area contributed by atoms with Gasteiger partial charge in [0.1, 0.15) is 25.1 Å². The number of anilines is 1. The highest BCUT2D eigenvalue weighted by Gasteiger charge is 2.53. The summed E-state index contributed by atoms with van der Waals surface area (Å²) in [6.45, 7) is 9.51. The lowest BCUT2D eigenvalue weighted by atomic mass is 9.99. The molecule has 1 fully saturated rings. The fourth-order valence-corrected chi connectivity index (χ4v) is 4.64. The van der Waals surface area contributed by atoms with E-state index in [9.17, 15) is 18.9 Å². The van der Waals surface area contributed by atoms with Crippen molar-refractivity contribution in [2.75, 3.05) is 25.6 Å². The number of carbonyl (C=O) groups is 2. The number of nitrogen functional groups attached to an aromatic ring is 1. The molecule has 1 aliphatic carbocycles. The third kappa shape index (κ3) is 9.64. The Morgan fingerprint density at radius 3 is 2.46 bits per heavy atom. The average Bonchev–Trinajstić information content (AvgIpc) is 3.53. The maximum Gasteiger partial charge on any atom is 0.613 e. The number of aromatic nitrogens is 2. The molecule has 2 rings (SSSR count). The first-order chi connectivity index (χ1) is 17.5. The summed E-state index contributed by atoms with van der Waals surface area (Å²) in [5.74, 6) is -0.758. The SMILES string of the molecule is CCCC(CCC)COC(=O)[C@H](C)N[P+](=O)OC[C@@]1(COC(=O)C(C)C)C/C1=C/n1ccc(N)nc1=O. The maximum absolute atomic E-state index is 12.6. The molecular formula is C25H40N4O7P+. The standard InChI is InChI=1S/C25H39N4O7P/c1-6-8-19(9-7-2)14-34-23(31)18(5)28-37(33)36-16-25(15-35-22(30)17(3)4)12-20(25)13-29-11-10-21(26)27-24(29)32/h10-11,13,17-19H,6-9,12,14-16H2,1-5H3,(H2-,26,27,28,32,33)/p+1/b20-13-/t18-,25-/m0/s1. The molecule has 0 bridgehead atoms. The Bertz CT molecular complexity index is 1040. The zero-order chi connectivity index (χ0) is 27.6. The molecule has 37 heavy (non-hydrogen) atoms. The minimum Gasteiger partial charge on any atom is -0.464 e. The van der Waals surface area contributed by atoms with Gasteiger partial charge >= 0.3 is 25.8 Å². The van der Waals surface area contributed by atoms with Crippen molar-refractivity contribution in [3.8, 4) is 0 Å². The number of nitrogens with two attached hydrogens (primary N) is 1. The fourth-order valence-electron chi connectivity index (χ4n) is 3.78. The van der Waals surface area contributed by atoms with E-state index in [1.807, 2.05) is 0 Å². The Kier molecular flexibility index (Phi) is 11.9. The van der Waals surface area contributed by atoms with Crippen molar-refractivity contribution in [1.29, 1.82) is 0 Å². The van der Waals surface area contributed by atoms with E-state index in [-0.39, 0.29) is 30.9 Å². The Balaban J connectivity index is 1.98. The number of hydrogen-bond donors (Lipinski definition) is 2. The molecule has 0 radical (unpaired) electrons. The van der Waals surface area contributed by atoms with Gasteiger partial charge < -0.3 is 15.2 Å². The van der Waals surface area contributed by atoms with E-state index in [0.717, 1.165) is 31.3 Å². The van der Waals surface area contributed by atoms with E-state index in [1.165, 1.54) is 16.8 Å². The van der Waals surface area contributed by atoms with Gasteiger partial charge in [0.15, 0.2) is 0 Å². The van der Waals surface area contributed by atoms with E-state index in [2.05, 4.69) is 23.9 Å². The average molecular weight is 540 g/mol. The molecule has 3 atom stereocenters. The smallest absolute Gasteiger partial charge is 0.464 e. The van der Waals surface area contributed by atoms with Crippen LogP contribution in [0.1, 0.15) is 66.7 Å². The van der Waals surface area contributed by atoms with Crippen LogP contribution in [0.4, 0.5) is 5.82 Å². The molecule has 0 saturated heterocycles. The van der Waals surface area contributed by atoms with Crippen molar-refractivity contribution in [3.05, 3.63) is 28.3 Å². The van der Waals surface area contributed by atoms with Gasteiger partial charge in [-0.25, -0.2) is 4.79 Å². The van der Waals surface area contributed by atoms with Crippen LogP contribution < -0.4 is 16.5 Å². The van der Waals surface area contributed by atoms with Gasteiger partial charge in [-0.3, -0.25) is 14.2 Å². The molecule has 12 heteroatoms. The molecule has 206 valence electrons. The number of hydrogen-bond acceptors (Lipinski definition) is 9. The molecule has 1 aliphatic rings. The summed E-state index contributed by atoms with van der Waals surface area (Å²) >= 11 is 0. The number of ether oxygens (including phenoxy) is 2. The van der Waals surface area contributed by atoms with Crippen molar-refractivity contribution in [2.45, 2.75) is 72.8 Å². The summed E-state index contributed by atoms with van der Waals surface area (Å²) in [5.41, 5.74) is 5.03. The Morgan fingerprint density at radius 1 is 1.19 bits per heavy atom. The van der Waals surface area contributed by atoms with Crippen LogP contribution in [0.2, 0.25) is 0 Å². The van der Waals surface area contributed by atoms with E-state index >= 15 is 0 Å². The van der Waals surface area contributed by atoms with Crippen LogP contribution in [0.3, 0.4) is 0 Å². The molecule has 3 N–H and O–H groups in total. The van der Waals surface area contributed by atoms with Crippen molar-refractivity contribution in [3.63, 3.8) is 0 Å². The van der Waals surface area contributed by atoms with Gasteiger partial charge in [-0.1, -0.05) is 45.6 Å². The minimum atomic E-state index is -2.41. The molecule has 1 aromatic rings. The molecule has 0 aromatic carbocycles. The highest BCUT2D eigenvalue weighted by Crippen LogP contribution is 2.54. The van der Waals surface area contributed by atoms with Gasteiger partial charge in [0.2, 0.25) is 0 Å². The van der Waals surface area contributed by atoms with E-state index in [1.54, 1.807) is 27.0 Å². The third-order valence-electron chi connectivity index (χ3n) is 6.16. The molecule has 0 aliphatic heterocycles. The van der Waals surface area contributed by atoms with Gasteiger partial charge in [0.25, 0.3) is 0 Å². The molecule has 0 amide bonds. The lowest BCUT2D eigenvalue weighted by molar-refractivity contribution is -0.149. The van der Waals surface area contributed by atoms with Crippen molar-refractivity contribution in [2.24, 2.45) is 17.3 Å². The summed E-state index contributed by atoms with van der Waals surface area (Å²) in [6, 6.07) is 0.669. The first-order valence-corrected chi connectivity index (χ1v) is 13.9. The van der Waals surface area contributed by atoms with Crippen LogP contribution in [-0.4, -0.2) is 47.4 Å². The van der Waals surface area contributed by atoms with Gasteiger partial charge in [-0.15, -0.1) is 4.52 Å². The number of nitrogens with one attached hydrogen (secondary N) is 1. The quantitative estimate of drug-likeness (QED) is 0.235. The van der Waals surface area contributed by atoms with Gasteiger partial charge in [-0.05, 0) is 48.3 Å². The van der Waals surface area contributed by atoms with Crippen LogP contribution in [0.25, 0.3) is 6.20 Å². The summed E-state index contributed by atoms with van der Waals surface area (Å²) in [7, 11) is -2.41. The Labute approximate surface area is 219 Å². The van der Waals surface area contributed by atoms with Crippen LogP contribution in [0.15, 0.2) is 22.6 Å². The van der Waals surface area contributed by atoms with Gasteiger partial charge in [0.05, 0.1) is 17.9 Å². The van der Waals surface area contributed by atoms with Crippen molar-refractivity contribution >= 4 is 32.1 Å². The first kappa shape index (κ1) is 30.6. The highest BCUT2D eigenvalue weighted by molar-refractivity contribution is 7.36. The number of nitrogens with zero attached hydrogens (tertiary/aromatic N) is 2. The maximum atomic E-state index is 12.6. The summed E-state index contributed by atoms with van der Waals surface area (Å²) < 4.78 is 30.2. The monoisotopic (exact) mass is 539 g/mol. The second-order valence-electron chi connectivity index (χ2n) is 9.87. The zero-order valence-corrected chi connectivity index (χ0v) is 23.3. The minimum absolute atomic E-state index is 0.00398. The first-order valence-electron chi connectivity index (χ1n) is 12.8. The van der Waals surface area contributed by atoms with Crippen LogP contribution in [0.5, 0.6) is 0 Å². The molecule has 11 nitrogen and oxygen atoms in total. The molecule has 1 heterocycles. The van der Waals surface area contributed by atoms with Crippen molar-refractivity contribution < 1.29 is 28.2 Å². The summed E-state index contributed by atoms with van der Waals surface area (Å²) in [6.07, 6.45) is 7.55. The number of esters is 2. The Hall–Kier alpha value is -2.62. The fraction of sp³-hybridized carbons (Fsp3) is 0.680. The highest BCUT2D eigenvalue weighted by atomic mass is 31.1. The number of rotatable bonds is 16. The lowest BCUT2D eigenvalue weighted by Crippen LogP contribution is -2.33. The van der Waals surface area contributed by atoms with Gasteiger partial charge in [0, 0.05) is 12.4 Å². The molecular weight excluding hydrogens is 499 g/mol. The van der Waals surface area contributed by atoms with E-state index < -0.39 is 31.3 Å². The topological polar surface area (TPSA) is 152 Å². The normalized spacial score (nSPS) is 19.2. The molecule has 1 aromatic heterocycles. The largest absolute Gasteiger partial charge is 0.613 e. The Morgan fingerprint density at radius 2 is 1.86 bits per heavy atom. The van der Waals surface area contributed by atoms with E-state index in [4.69, 9.17) is 19.7 Å². The second kappa shape index (κ2) is 14.4. The van der Waals surface area contributed by atoms with Crippen LogP contribution in [0, 0.1) is 17.3 Å². The van der Waals surface area contributed by atoms with Crippen molar-refractivity contribution in [1.82, 2.24) is 14.6 Å². The molecule has 1 unspecified atom stereocenters. The summed E-state index contributed by atoms with van der Waals surface area (Å²) in [5, 5.41) is 2.64. The predicted octanol–water partition coefficient (Wildman–Crippen LogP) is 3.67. The lowest BCUT2D eigenvalue weighted by Gasteiger charge is -2.16. The van der Waals surface area contributed by atoms with Gasteiger partial charge in [-0.2, -0.15) is 4.98 Å². The summed E-state index contributed by atoms with van der Waals surface area (Å²) in [4.78, 5) is 40.2. The number of carbonyl (C=O) groups excluding carboxylic acids is 2. The van der Waals surface area contributed by atoms with E-state index in [0.29, 0.717) is 18.9 Å². The predicted molar refractivity (Wildman–Crippen MR) is 140 cm³/mol. The van der Waals surface area contributed by atoms with Crippen LogP contribution >= 0.6 is 8.18 Å². The molecule has 1 saturated carbocycles. The van der Waals surface area contributed by atoms with Crippen LogP contribution in [-0.2, 0) is 28.2 Å². The molecule has 0 spiro atoms. The third-order valence-corrected chi connectivity index (χ3v) is 7.12. The second-order valence-corrected chi connectivity index (χ2v) is 10.9.